The Morgan fingerprint density at radius 3 is 2.87 bits per heavy atom. The summed E-state index contributed by atoms with van der Waals surface area (Å²) in [6, 6.07) is 7.79. The summed E-state index contributed by atoms with van der Waals surface area (Å²) in [5, 5.41) is 11.0. The number of ether oxygens (including phenoxy) is 3. The molecule has 2 heterocycles. The summed E-state index contributed by atoms with van der Waals surface area (Å²) < 4.78 is 19.0. The molecule has 3 rings (SSSR count). The number of guanidine groups is 1. The molecule has 0 atom stereocenters. The fraction of sp³-hybridized carbons (Fsp3) is 0.545. The molecule has 9 heteroatoms. The number of aromatic nitrogens is 2. The Balaban J connectivity index is 0.00000341. The smallest absolute Gasteiger partial charge is 0.195 e. The molecule has 0 spiro atoms. The maximum absolute atomic E-state index is 5.79. The Morgan fingerprint density at radius 1 is 1.26 bits per heavy atom. The lowest BCUT2D eigenvalue weighted by molar-refractivity contribution is 0.109. The van der Waals surface area contributed by atoms with Gasteiger partial charge in [0.1, 0.15) is 0 Å². The van der Waals surface area contributed by atoms with Crippen LogP contribution in [-0.2, 0) is 11.3 Å². The van der Waals surface area contributed by atoms with Gasteiger partial charge in [-0.05, 0) is 30.5 Å². The Kier molecular flexibility index (Phi) is 11.5. The summed E-state index contributed by atoms with van der Waals surface area (Å²) in [5.74, 6) is 2.82. The second kappa shape index (κ2) is 14.1. The fourth-order valence-corrected chi connectivity index (χ4v) is 2.92. The van der Waals surface area contributed by atoms with Crippen LogP contribution < -0.4 is 20.1 Å². The summed E-state index contributed by atoms with van der Waals surface area (Å²) >= 11 is 0. The highest BCUT2D eigenvalue weighted by Gasteiger charge is 2.11. The van der Waals surface area contributed by atoms with Crippen molar-refractivity contribution in [1.82, 2.24) is 15.1 Å². The average molecular weight is 543 g/mol. The number of hydrogen-bond acceptors (Lipinski definition) is 5. The van der Waals surface area contributed by atoms with E-state index in [0.717, 1.165) is 49.1 Å². The van der Waals surface area contributed by atoms with Gasteiger partial charge in [-0.2, -0.15) is 5.10 Å². The predicted molar refractivity (Wildman–Crippen MR) is 134 cm³/mol. The van der Waals surface area contributed by atoms with Gasteiger partial charge in [-0.1, -0.05) is 13.8 Å². The number of halogens is 1. The molecule has 2 N–H and O–H groups in total. The molecule has 2 aromatic rings. The lowest BCUT2D eigenvalue weighted by Crippen LogP contribution is -2.33. The van der Waals surface area contributed by atoms with Gasteiger partial charge in [-0.15, -0.1) is 24.0 Å². The van der Waals surface area contributed by atoms with Crippen LogP contribution in [0, 0.1) is 5.92 Å². The number of hydrogen-bond donors (Lipinski definition) is 2. The van der Waals surface area contributed by atoms with Crippen LogP contribution in [0.4, 0.5) is 5.69 Å². The van der Waals surface area contributed by atoms with Crippen molar-refractivity contribution in [2.75, 3.05) is 44.8 Å². The summed E-state index contributed by atoms with van der Waals surface area (Å²) in [6.45, 7) is 9.29. The summed E-state index contributed by atoms with van der Waals surface area (Å²) in [6.07, 6.45) is 5.49. The lowest BCUT2D eigenvalue weighted by Gasteiger charge is -2.15. The highest BCUT2D eigenvalue weighted by molar-refractivity contribution is 14.0. The molecule has 0 saturated carbocycles. The van der Waals surface area contributed by atoms with Crippen LogP contribution in [-0.4, -0.2) is 55.3 Å². The van der Waals surface area contributed by atoms with E-state index in [-0.39, 0.29) is 24.0 Å². The second-order valence-electron chi connectivity index (χ2n) is 7.59. The fourth-order valence-electron chi connectivity index (χ4n) is 2.92. The van der Waals surface area contributed by atoms with Crippen molar-refractivity contribution in [3.8, 4) is 11.5 Å². The van der Waals surface area contributed by atoms with E-state index in [9.17, 15) is 0 Å². The predicted octanol–water partition coefficient (Wildman–Crippen LogP) is 3.78. The number of benzene rings is 1. The van der Waals surface area contributed by atoms with Crippen LogP contribution in [0.5, 0.6) is 11.5 Å². The molecule has 1 aromatic heterocycles. The number of anilines is 1. The molecular formula is C22H34IN5O3. The SMILES string of the molecule is CC(C)COCCCN=C(NCCn1cccn1)Nc1ccc2c(c1)OCCCO2.I. The van der Waals surface area contributed by atoms with E-state index in [4.69, 9.17) is 19.2 Å². The monoisotopic (exact) mass is 543 g/mol. The Labute approximate surface area is 201 Å². The normalized spacial score (nSPS) is 13.5. The van der Waals surface area contributed by atoms with E-state index >= 15 is 0 Å². The van der Waals surface area contributed by atoms with Crippen LogP contribution >= 0.6 is 24.0 Å². The zero-order chi connectivity index (χ0) is 21.0. The largest absolute Gasteiger partial charge is 0.490 e. The minimum atomic E-state index is 0. The topological polar surface area (TPSA) is 81.9 Å². The van der Waals surface area contributed by atoms with E-state index in [1.807, 2.05) is 35.1 Å². The number of nitrogens with zero attached hydrogens (tertiary/aromatic N) is 3. The first kappa shape index (κ1) is 25.3. The summed E-state index contributed by atoms with van der Waals surface area (Å²) in [4.78, 5) is 4.70. The van der Waals surface area contributed by atoms with Gasteiger partial charge in [0.15, 0.2) is 17.5 Å². The van der Waals surface area contributed by atoms with Gasteiger partial charge in [0, 0.05) is 56.9 Å². The molecule has 0 saturated heterocycles. The lowest BCUT2D eigenvalue weighted by atomic mass is 10.2. The van der Waals surface area contributed by atoms with Crippen molar-refractivity contribution >= 4 is 35.6 Å². The highest BCUT2D eigenvalue weighted by Crippen LogP contribution is 2.32. The van der Waals surface area contributed by atoms with E-state index in [2.05, 4.69) is 29.6 Å². The van der Waals surface area contributed by atoms with E-state index in [0.29, 0.717) is 38.8 Å². The first-order valence-corrected chi connectivity index (χ1v) is 10.7. The Hall–Kier alpha value is -2.01. The molecule has 0 aliphatic carbocycles. The third-order valence-corrected chi connectivity index (χ3v) is 4.37. The van der Waals surface area contributed by atoms with Crippen LogP contribution in [0.25, 0.3) is 0 Å². The van der Waals surface area contributed by atoms with Crippen LogP contribution in [0.2, 0.25) is 0 Å². The maximum atomic E-state index is 5.79. The first-order valence-electron chi connectivity index (χ1n) is 10.7. The van der Waals surface area contributed by atoms with Crippen molar-refractivity contribution in [3.63, 3.8) is 0 Å². The molecule has 1 aliphatic rings. The molecule has 0 fully saturated rings. The quantitative estimate of drug-likeness (QED) is 0.206. The molecule has 8 nitrogen and oxygen atoms in total. The van der Waals surface area contributed by atoms with Gasteiger partial charge in [0.2, 0.25) is 0 Å². The first-order chi connectivity index (χ1) is 14.7. The standard InChI is InChI=1S/C22H33N5O3.HI/c1-18(2)17-28-13-4-8-23-22(24-10-12-27-11-3-9-25-27)26-19-6-7-20-21(16-19)30-15-5-14-29-20;/h3,6-7,9,11,16,18H,4-5,8,10,12-15,17H2,1-2H3,(H2,23,24,26);1H. The minimum Gasteiger partial charge on any atom is -0.490 e. The number of nitrogens with one attached hydrogen (secondary N) is 2. The Bertz CT molecular complexity index is 783. The van der Waals surface area contributed by atoms with Gasteiger partial charge in [-0.3, -0.25) is 9.67 Å². The number of fused-ring (bicyclic) bond motifs is 1. The molecule has 1 aliphatic heterocycles. The zero-order valence-electron chi connectivity index (χ0n) is 18.4. The Morgan fingerprint density at radius 2 is 2.10 bits per heavy atom. The molecule has 31 heavy (non-hydrogen) atoms. The zero-order valence-corrected chi connectivity index (χ0v) is 20.7. The highest BCUT2D eigenvalue weighted by atomic mass is 127. The molecular weight excluding hydrogens is 509 g/mol. The van der Waals surface area contributed by atoms with Crippen molar-refractivity contribution < 1.29 is 14.2 Å². The van der Waals surface area contributed by atoms with Gasteiger partial charge in [0.25, 0.3) is 0 Å². The van der Waals surface area contributed by atoms with Crippen molar-refractivity contribution in [3.05, 3.63) is 36.7 Å². The third kappa shape index (κ3) is 9.34. The van der Waals surface area contributed by atoms with Gasteiger partial charge in [-0.25, -0.2) is 0 Å². The maximum Gasteiger partial charge on any atom is 0.195 e. The van der Waals surface area contributed by atoms with Gasteiger partial charge in [0.05, 0.1) is 19.8 Å². The van der Waals surface area contributed by atoms with Crippen LogP contribution in [0.15, 0.2) is 41.7 Å². The summed E-state index contributed by atoms with van der Waals surface area (Å²) in [7, 11) is 0. The minimum absolute atomic E-state index is 0. The van der Waals surface area contributed by atoms with Crippen molar-refractivity contribution in [1.29, 1.82) is 0 Å². The van der Waals surface area contributed by atoms with Crippen LogP contribution in [0.3, 0.4) is 0 Å². The summed E-state index contributed by atoms with van der Waals surface area (Å²) in [5.41, 5.74) is 0.903. The number of rotatable bonds is 10. The molecule has 1 aromatic carbocycles. The number of aliphatic imine (C=N–C) groups is 1. The van der Waals surface area contributed by atoms with Crippen molar-refractivity contribution in [2.24, 2.45) is 10.9 Å². The molecule has 0 unspecified atom stereocenters. The second-order valence-corrected chi connectivity index (χ2v) is 7.59. The van der Waals surface area contributed by atoms with Gasteiger partial charge < -0.3 is 24.8 Å². The average Bonchev–Trinajstić information content (AvgIpc) is 3.14. The van der Waals surface area contributed by atoms with E-state index in [1.165, 1.54) is 0 Å². The van der Waals surface area contributed by atoms with Crippen LogP contribution in [0.1, 0.15) is 26.7 Å². The van der Waals surface area contributed by atoms with E-state index in [1.54, 1.807) is 6.20 Å². The molecule has 0 radical (unpaired) electrons. The molecule has 0 amide bonds. The third-order valence-electron chi connectivity index (χ3n) is 4.37. The van der Waals surface area contributed by atoms with E-state index < -0.39 is 0 Å². The molecule has 0 bridgehead atoms. The van der Waals surface area contributed by atoms with Gasteiger partial charge >= 0.3 is 0 Å². The van der Waals surface area contributed by atoms with Crippen molar-refractivity contribution in [2.45, 2.75) is 33.2 Å². The molecule has 172 valence electrons.